The summed E-state index contributed by atoms with van der Waals surface area (Å²) in [5.41, 5.74) is 0. The summed E-state index contributed by atoms with van der Waals surface area (Å²) in [7, 11) is 0. The van der Waals surface area contributed by atoms with Gasteiger partial charge in [-0.1, -0.05) is 0 Å². The minimum Gasteiger partial charge on any atom is -0.333 e. The Morgan fingerprint density at radius 2 is 2.33 bits per heavy atom. The molecule has 0 bridgehead atoms. The van der Waals surface area contributed by atoms with Crippen LogP contribution in [-0.2, 0) is 6.54 Å². The van der Waals surface area contributed by atoms with E-state index in [1.165, 1.54) is 0 Å². The quantitative estimate of drug-likeness (QED) is 0.907. The number of carbonyl (C=O) groups excluding carboxylic acids is 1. The molecule has 0 aromatic carbocycles. The Hall–Kier alpha value is -1.06. The Morgan fingerprint density at radius 3 is 2.89 bits per heavy atom. The monoisotopic (exact) mass is 327 g/mol. The number of likely N-dealkylation sites (tertiary alicyclic amines) is 1. The van der Waals surface area contributed by atoms with Crippen molar-refractivity contribution in [3.05, 3.63) is 20.8 Å². The molecular weight excluding hydrogens is 314 g/mol. The van der Waals surface area contributed by atoms with Crippen molar-refractivity contribution in [3.8, 4) is 6.07 Å². The summed E-state index contributed by atoms with van der Waals surface area (Å²) in [6.07, 6.45) is 1.57. The van der Waals surface area contributed by atoms with Crippen molar-refractivity contribution in [2.45, 2.75) is 19.4 Å². The van der Waals surface area contributed by atoms with E-state index in [1.807, 2.05) is 11.4 Å². The van der Waals surface area contributed by atoms with E-state index < -0.39 is 0 Å². The van der Waals surface area contributed by atoms with Crippen LogP contribution >= 0.6 is 27.3 Å². The first-order valence-electron chi connectivity index (χ1n) is 5.85. The molecule has 2 amide bonds. The Balaban J connectivity index is 1.79. The molecule has 2 heterocycles. The van der Waals surface area contributed by atoms with Crippen LogP contribution in [0.25, 0.3) is 0 Å². The zero-order valence-corrected chi connectivity index (χ0v) is 12.3. The van der Waals surface area contributed by atoms with Crippen LogP contribution in [0.2, 0.25) is 0 Å². The van der Waals surface area contributed by atoms with Crippen LogP contribution in [0.15, 0.2) is 15.9 Å². The highest BCUT2D eigenvalue weighted by molar-refractivity contribution is 9.10. The fraction of sp³-hybridized carbons (Fsp3) is 0.500. The molecule has 18 heavy (non-hydrogen) atoms. The Labute approximate surface area is 119 Å². The number of hydrogen-bond donors (Lipinski definition) is 1. The van der Waals surface area contributed by atoms with Crippen LogP contribution in [0.3, 0.4) is 0 Å². The lowest BCUT2D eigenvalue weighted by Gasteiger charge is -2.29. The summed E-state index contributed by atoms with van der Waals surface area (Å²) in [5.74, 6) is 0.112. The van der Waals surface area contributed by atoms with Crippen LogP contribution in [0.5, 0.6) is 0 Å². The van der Waals surface area contributed by atoms with Gasteiger partial charge in [0.05, 0.1) is 12.6 Å². The molecule has 4 nitrogen and oxygen atoms in total. The fourth-order valence-electron chi connectivity index (χ4n) is 1.93. The van der Waals surface area contributed by atoms with E-state index in [2.05, 4.69) is 27.3 Å². The third-order valence-corrected chi connectivity index (χ3v) is 4.98. The molecule has 0 spiro atoms. The summed E-state index contributed by atoms with van der Waals surface area (Å²) in [6.45, 7) is 1.90. The van der Waals surface area contributed by atoms with Crippen molar-refractivity contribution < 1.29 is 4.79 Å². The summed E-state index contributed by atoms with van der Waals surface area (Å²) >= 11 is 5.06. The van der Waals surface area contributed by atoms with Crippen LogP contribution in [0.1, 0.15) is 17.7 Å². The van der Waals surface area contributed by atoms with Crippen molar-refractivity contribution in [2.75, 3.05) is 13.1 Å². The number of hydrogen-bond acceptors (Lipinski definition) is 3. The molecule has 96 valence electrons. The molecule has 6 heteroatoms. The second-order valence-electron chi connectivity index (χ2n) is 4.24. The zero-order chi connectivity index (χ0) is 13.0. The van der Waals surface area contributed by atoms with Gasteiger partial charge >= 0.3 is 6.03 Å². The van der Waals surface area contributed by atoms with Gasteiger partial charge in [-0.05, 0) is 40.2 Å². The van der Waals surface area contributed by atoms with Gasteiger partial charge in [-0.2, -0.15) is 5.26 Å². The first-order valence-corrected chi connectivity index (χ1v) is 7.52. The molecule has 0 atom stereocenters. The Kier molecular flexibility index (Phi) is 4.61. The average molecular weight is 328 g/mol. The van der Waals surface area contributed by atoms with E-state index >= 15 is 0 Å². The van der Waals surface area contributed by atoms with Crippen molar-refractivity contribution in [3.63, 3.8) is 0 Å². The highest BCUT2D eigenvalue weighted by Crippen LogP contribution is 2.22. The number of nitrogens with zero attached hydrogens (tertiary/aromatic N) is 2. The first kappa shape index (κ1) is 13.4. The van der Waals surface area contributed by atoms with Crippen molar-refractivity contribution in [1.29, 1.82) is 5.26 Å². The SMILES string of the molecule is N#CC1CCN(C(=O)NCc2sccc2Br)CC1. The highest BCUT2D eigenvalue weighted by Gasteiger charge is 2.22. The summed E-state index contributed by atoms with van der Waals surface area (Å²) in [6, 6.07) is 4.20. The molecule has 0 radical (unpaired) electrons. The molecule has 1 fully saturated rings. The van der Waals surface area contributed by atoms with Gasteiger partial charge < -0.3 is 10.2 Å². The van der Waals surface area contributed by atoms with E-state index in [0.29, 0.717) is 19.6 Å². The number of carbonyl (C=O) groups is 1. The summed E-state index contributed by atoms with van der Waals surface area (Å²) < 4.78 is 1.04. The first-order chi connectivity index (χ1) is 8.70. The lowest BCUT2D eigenvalue weighted by atomic mass is 9.99. The average Bonchev–Trinajstić information content (AvgIpc) is 2.81. The number of rotatable bonds is 2. The largest absolute Gasteiger partial charge is 0.333 e. The maximum absolute atomic E-state index is 11.9. The molecule has 1 aliphatic heterocycles. The normalized spacial score (nSPS) is 16.3. The number of urea groups is 1. The minimum atomic E-state index is -0.0355. The number of amides is 2. The van der Waals surface area contributed by atoms with Crippen LogP contribution in [0.4, 0.5) is 4.79 Å². The van der Waals surface area contributed by atoms with E-state index in [-0.39, 0.29) is 11.9 Å². The van der Waals surface area contributed by atoms with Crippen molar-refractivity contribution in [1.82, 2.24) is 10.2 Å². The number of halogens is 1. The molecule has 1 N–H and O–H groups in total. The lowest BCUT2D eigenvalue weighted by molar-refractivity contribution is 0.178. The second kappa shape index (κ2) is 6.21. The molecule has 0 saturated carbocycles. The summed E-state index contributed by atoms with van der Waals surface area (Å²) in [4.78, 5) is 14.8. The predicted octanol–water partition coefficient (Wildman–Crippen LogP) is 2.96. The van der Waals surface area contributed by atoms with Crippen molar-refractivity contribution >= 4 is 33.3 Å². The topological polar surface area (TPSA) is 56.1 Å². The number of piperidine rings is 1. The van der Waals surface area contributed by atoms with E-state index in [9.17, 15) is 4.79 Å². The van der Waals surface area contributed by atoms with Gasteiger partial charge in [-0.3, -0.25) is 0 Å². The molecular formula is C12H14BrN3OS. The molecule has 0 unspecified atom stereocenters. The van der Waals surface area contributed by atoms with E-state index in [1.54, 1.807) is 16.2 Å². The predicted molar refractivity (Wildman–Crippen MR) is 74.2 cm³/mol. The Morgan fingerprint density at radius 1 is 1.61 bits per heavy atom. The fourth-order valence-corrected chi connectivity index (χ4v) is 3.36. The molecule has 0 aliphatic carbocycles. The third kappa shape index (κ3) is 3.24. The van der Waals surface area contributed by atoms with Crippen molar-refractivity contribution in [2.24, 2.45) is 5.92 Å². The van der Waals surface area contributed by atoms with Gasteiger partial charge in [0.15, 0.2) is 0 Å². The molecule has 1 aromatic rings. The second-order valence-corrected chi connectivity index (χ2v) is 6.10. The third-order valence-electron chi connectivity index (χ3n) is 3.06. The Bertz CT molecular complexity index is 460. The highest BCUT2D eigenvalue weighted by atomic mass is 79.9. The van der Waals surface area contributed by atoms with Gasteiger partial charge in [0.25, 0.3) is 0 Å². The van der Waals surface area contributed by atoms with Crippen LogP contribution in [-0.4, -0.2) is 24.0 Å². The number of nitriles is 1. The van der Waals surface area contributed by atoms with Crippen LogP contribution in [0, 0.1) is 17.2 Å². The molecule has 1 saturated heterocycles. The summed E-state index contributed by atoms with van der Waals surface area (Å²) in [5, 5.41) is 13.7. The van der Waals surface area contributed by atoms with E-state index in [0.717, 1.165) is 22.2 Å². The standard InChI is InChI=1S/C12H14BrN3OS/c13-10-3-6-18-11(10)8-15-12(17)16-4-1-9(7-14)2-5-16/h3,6,9H,1-2,4-5,8H2,(H,15,17). The van der Waals surface area contributed by atoms with E-state index in [4.69, 9.17) is 5.26 Å². The van der Waals surface area contributed by atoms with Gasteiger partial charge in [0, 0.05) is 28.4 Å². The lowest BCUT2D eigenvalue weighted by Crippen LogP contribution is -2.44. The maximum atomic E-state index is 11.9. The van der Waals surface area contributed by atoms with Gasteiger partial charge in [0.2, 0.25) is 0 Å². The van der Waals surface area contributed by atoms with Gasteiger partial charge in [-0.25, -0.2) is 4.79 Å². The van der Waals surface area contributed by atoms with Gasteiger partial charge in [0.1, 0.15) is 0 Å². The zero-order valence-electron chi connectivity index (χ0n) is 9.86. The maximum Gasteiger partial charge on any atom is 0.317 e. The molecule has 1 aromatic heterocycles. The number of thiophene rings is 1. The number of nitrogens with one attached hydrogen (secondary N) is 1. The minimum absolute atomic E-state index is 0.0355. The van der Waals surface area contributed by atoms with Crippen LogP contribution < -0.4 is 5.32 Å². The van der Waals surface area contributed by atoms with Gasteiger partial charge in [-0.15, -0.1) is 11.3 Å². The molecule has 1 aliphatic rings. The molecule has 2 rings (SSSR count). The smallest absolute Gasteiger partial charge is 0.317 e.